The number of carbonyl (C=O) groups is 2. The maximum atomic E-state index is 13.0. The summed E-state index contributed by atoms with van der Waals surface area (Å²) in [4.78, 5) is 32.2. The van der Waals surface area contributed by atoms with Gasteiger partial charge in [-0.1, -0.05) is 36.2 Å². The lowest BCUT2D eigenvalue weighted by Crippen LogP contribution is -2.53. The first kappa shape index (κ1) is 24.0. The summed E-state index contributed by atoms with van der Waals surface area (Å²) in [5.41, 5.74) is 7.37. The highest BCUT2D eigenvalue weighted by Gasteiger charge is 2.28. The average Bonchev–Trinajstić information content (AvgIpc) is 2.77. The van der Waals surface area contributed by atoms with Gasteiger partial charge in [-0.3, -0.25) is 14.5 Å². The van der Waals surface area contributed by atoms with Gasteiger partial charge in [0.1, 0.15) is 11.9 Å². The summed E-state index contributed by atoms with van der Waals surface area (Å²) in [5.74, 6) is 0.0351. The molecule has 2 heterocycles. The van der Waals surface area contributed by atoms with Crippen LogP contribution in [-0.4, -0.2) is 46.4 Å². The molecular weight excluding hydrogens is 426 g/mol. The highest BCUT2D eigenvalue weighted by molar-refractivity contribution is 6.30. The molecule has 1 aliphatic heterocycles. The fourth-order valence-electron chi connectivity index (χ4n) is 4.11. The molecule has 0 saturated carbocycles. The number of nitrogens with zero attached hydrogens (tertiary/aromatic N) is 2. The number of halogens is 1. The predicted molar refractivity (Wildman–Crippen MR) is 127 cm³/mol. The van der Waals surface area contributed by atoms with E-state index >= 15 is 0 Å². The second kappa shape index (κ2) is 11.3. The number of rotatable bonds is 8. The Morgan fingerprint density at radius 2 is 1.78 bits per heavy atom. The summed E-state index contributed by atoms with van der Waals surface area (Å²) in [6, 6.07) is 10.8. The van der Waals surface area contributed by atoms with E-state index in [1.165, 1.54) is 6.42 Å². The number of likely N-dealkylation sites (tertiary alicyclic amines) is 1. The van der Waals surface area contributed by atoms with Gasteiger partial charge in [-0.25, -0.2) is 4.98 Å². The summed E-state index contributed by atoms with van der Waals surface area (Å²) in [6.45, 7) is 4.90. The molecule has 1 aromatic heterocycles. The number of aromatic nitrogens is 1. The van der Waals surface area contributed by atoms with Crippen LogP contribution in [-0.2, 0) is 22.6 Å². The van der Waals surface area contributed by atoms with Crippen molar-refractivity contribution in [2.75, 3.05) is 12.3 Å². The summed E-state index contributed by atoms with van der Waals surface area (Å²) in [7, 11) is 0. The number of nitrogens with one attached hydrogen (secondary N) is 2. The van der Waals surface area contributed by atoms with E-state index in [0.717, 1.165) is 24.0 Å². The third-order valence-corrected chi connectivity index (χ3v) is 6.27. The number of benzene rings is 1. The zero-order valence-electron chi connectivity index (χ0n) is 18.7. The fraction of sp³-hybridized carbons (Fsp3) is 0.458. The van der Waals surface area contributed by atoms with E-state index in [1.54, 1.807) is 24.4 Å². The minimum Gasteiger partial charge on any atom is -0.384 e. The maximum absolute atomic E-state index is 13.0. The molecule has 3 atom stereocenters. The van der Waals surface area contributed by atoms with Crippen LogP contribution in [0.25, 0.3) is 0 Å². The van der Waals surface area contributed by atoms with Crippen LogP contribution < -0.4 is 16.4 Å². The molecule has 1 aromatic carbocycles. The molecule has 2 aromatic rings. The highest BCUT2D eigenvalue weighted by Crippen LogP contribution is 2.22. The number of amides is 2. The van der Waals surface area contributed by atoms with E-state index in [-0.39, 0.29) is 18.4 Å². The van der Waals surface area contributed by atoms with Crippen LogP contribution in [0.2, 0.25) is 5.02 Å². The Morgan fingerprint density at radius 3 is 2.41 bits per heavy atom. The standard InChI is InChI=1S/C24H32ClN5O2/c1-16-4-3-5-17(2)30(16)15-23(31)29-21(12-18-6-9-20(25)10-7-18)24(32)28-14-19-8-11-22(26)27-13-19/h6-11,13,16-17,21H,3-5,12,14-15H2,1-2H3,(H2,26,27)(H,28,32)(H,29,31)/t16?,17?,21-/m0/s1. The number of hydrogen-bond donors (Lipinski definition) is 3. The Bertz CT molecular complexity index is 894. The van der Waals surface area contributed by atoms with Gasteiger partial charge in [0.15, 0.2) is 0 Å². The number of nitrogen functional groups attached to an aromatic ring is 1. The van der Waals surface area contributed by atoms with Crippen molar-refractivity contribution in [1.82, 2.24) is 20.5 Å². The zero-order chi connectivity index (χ0) is 23.1. The number of carbonyl (C=O) groups excluding carboxylic acids is 2. The van der Waals surface area contributed by atoms with Crippen LogP contribution in [0.15, 0.2) is 42.6 Å². The van der Waals surface area contributed by atoms with Crippen LogP contribution in [0.5, 0.6) is 0 Å². The number of piperidine rings is 1. The topological polar surface area (TPSA) is 100 Å². The third-order valence-electron chi connectivity index (χ3n) is 6.02. The molecule has 0 spiro atoms. The molecule has 1 saturated heterocycles. The quantitative estimate of drug-likeness (QED) is 0.565. The fourth-order valence-corrected chi connectivity index (χ4v) is 4.24. The minimum absolute atomic E-state index is 0.145. The highest BCUT2D eigenvalue weighted by atomic mass is 35.5. The van der Waals surface area contributed by atoms with E-state index < -0.39 is 6.04 Å². The lowest BCUT2D eigenvalue weighted by molar-refractivity contribution is -0.130. The molecule has 2 unspecified atom stereocenters. The Hall–Kier alpha value is -2.64. The summed E-state index contributed by atoms with van der Waals surface area (Å²) < 4.78 is 0. The molecular formula is C24H32ClN5O2. The van der Waals surface area contributed by atoms with Crippen LogP contribution in [0.3, 0.4) is 0 Å². The normalized spacial score (nSPS) is 19.8. The largest absolute Gasteiger partial charge is 0.384 e. The molecule has 1 aliphatic rings. The molecule has 1 fully saturated rings. The van der Waals surface area contributed by atoms with Crippen LogP contribution >= 0.6 is 11.6 Å². The van der Waals surface area contributed by atoms with Crippen molar-refractivity contribution in [3.05, 3.63) is 58.7 Å². The first-order valence-corrected chi connectivity index (χ1v) is 11.5. The van der Waals surface area contributed by atoms with E-state index in [9.17, 15) is 9.59 Å². The van der Waals surface area contributed by atoms with Gasteiger partial charge in [0, 0.05) is 36.3 Å². The van der Waals surface area contributed by atoms with Crippen LogP contribution in [0.4, 0.5) is 5.82 Å². The van der Waals surface area contributed by atoms with Gasteiger partial charge in [-0.2, -0.15) is 0 Å². The SMILES string of the molecule is CC1CCCC(C)N1CC(=O)N[C@@H](Cc1ccc(Cl)cc1)C(=O)NCc1ccc(N)nc1. The van der Waals surface area contributed by atoms with Gasteiger partial charge in [0.25, 0.3) is 0 Å². The number of pyridine rings is 1. The lowest BCUT2D eigenvalue weighted by atomic mass is 9.97. The van der Waals surface area contributed by atoms with Crippen molar-refractivity contribution in [3.8, 4) is 0 Å². The summed E-state index contributed by atoms with van der Waals surface area (Å²) in [5, 5.41) is 6.48. The smallest absolute Gasteiger partial charge is 0.243 e. The van der Waals surface area contributed by atoms with Gasteiger partial charge >= 0.3 is 0 Å². The van der Waals surface area contributed by atoms with Gasteiger partial charge in [0.05, 0.1) is 6.54 Å². The van der Waals surface area contributed by atoms with Gasteiger partial charge in [-0.05, 0) is 56.0 Å². The molecule has 4 N–H and O–H groups in total. The van der Waals surface area contributed by atoms with E-state index in [0.29, 0.717) is 35.9 Å². The predicted octanol–water partition coefficient (Wildman–Crippen LogP) is 2.92. The molecule has 2 amide bonds. The Morgan fingerprint density at radius 1 is 1.12 bits per heavy atom. The number of anilines is 1. The summed E-state index contributed by atoms with van der Waals surface area (Å²) >= 11 is 5.99. The molecule has 8 heteroatoms. The third kappa shape index (κ3) is 6.93. The molecule has 0 aliphatic carbocycles. The first-order chi connectivity index (χ1) is 15.3. The monoisotopic (exact) mass is 457 g/mol. The van der Waals surface area contributed by atoms with Gasteiger partial charge in [-0.15, -0.1) is 0 Å². The van der Waals surface area contributed by atoms with Crippen LogP contribution in [0.1, 0.15) is 44.2 Å². The van der Waals surface area contributed by atoms with Crippen LogP contribution in [0, 0.1) is 0 Å². The Kier molecular flexibility index (Phi) is 8.47. The molecule has 32 heavy (non-hydrogen) atoms. The second-order valence-electron chi connectivity index (χ2n) is 8.56. The maximum Gasteiger partial charge on any atom is 0.243 e. The molecule has 172 valence electrons. The van der Waals surface area contributed by atoms with Gasteiger partial charge < -0.3 is 16.4 Å². The number of nitrogens with two attached hydrogens (primary N) is 1. The van der Waals surface area contributed by atoms with E-state index in [4.69, 9.17) is 17.3 Å². The number of hydrogen-bond acceptors (Lipinski definition) is 5. The molecule has 0 radical (unpaired) electrons. The van der Waals surface area contributed by atoms with Crippen molar-refractivity contribution in [3.63, 3.8) is 0 Å². The summed E-state index contributed by atoms with van der Waals surface area (Å²) in [6.07, 6.45) is 5.35. The molecule has 7 nitrogen and oxygen atoms in total. The van der Waals surface area contributed by atoms with Crippen molar-refractivity contribution in [1.29, 1.82) is 0 Å². The van der Waals surface area contributed by atoms with Crippen molar-refractivity contribution in [2.24, 2.45) is 0 Å². The average molecular weight is 458 g/mol. The van der Waals surface area contributed by atoms with Crippen molar-refractivity contribution < 1.29 is 9.59 Å². The minimum atomic E-state index is -0.694. The van der Waals surface area contributed by atoms with Gasteiger partial charge in [0.2, 0.25) is 11.8 Å². The molecule has 3 rings (SSSR count). The van der Waals surface area contributed by atoms with Crippen molar-refractivity contribution >= 4 is 29.2 Å². The Labute approximate surface area is 194 Å². The zero-order valence-corrected chi connectivity index (χ0v) is 19.4. The van der Waals surface area contributed by atoms with E-state index in [1.807, 2.05) is 18.2 Å². The second-order valence-corrected chi connectivity index (χ2v) is 9.00. The van der Waals surface area contributed by atoms with E-state index in [2.05, 4.69) is 34.4 Å². The lowest BCUT2D eigenvalue weighted by Gasteiger charge is -2.38. The molecule has 0 bridgehead atoms. The Balaban J connectivity index is 1.66. The first-order valence-electron chi connectivity index (χ1n) is 11.1. The van der Waals surface area contributed by atoms with Crippen molar-refractivity contribution in [2.45, 2.75) is 64.2 Å².